The molecule has 0 spiro atoms. The number of hydrogen-bond acceptors (Lipinski definition) is 4. The van der Waals surface area contributed by atoms with Crippen LogP contribution in [0.3, 0.4) is 0 Å². The van der Waals surface area contributed by atoms with Crippen molar-refractivity contribution in [2.24, 2.45) is 0 Å². The number of hydrogen-bond donors (Lipinski definition) is 1. The zero-order valence-corrected chi connectivity index (χ0v) is 13.1. The van der Waals surface area contributed by atoms with Crippen LogP contribution < -0.4 is 5.73 Å². The number of nitrogen functional groups attached to an aromatic ring is 1. The van der Waals surface area contributed by atoms with Crippen LogP contribution in [0.5, 0.6) is 0 Å². The van der Waals surface area contributed by atoms with Crippen molar-refractivity contribution in [3.63, 3.8) is 0 Å². The third kappa shape index (κ3) is 3.52. The molecule has 1 fully saturated rings. The van der Waals surface area contributed by atoms with E-state index in [1.165, 1.54) is 12.8 Å². The smallest absolute Gasteiger partial charge is 0.178 e. The number of nitrogens with two attached hydrogens (primary N) is 1. The van der Waals surface area contributed by atoms with Gasteiger partial charge in [0.2, 0.25) is 0 Å². The first-order valence-electron chi connectivity index (χ1n) is 7.19. The average Bonchev–Trinajstić information content (AvgIpc) is 2.41. The van der Waals surface area contributed by atoms with E-state index in [2.05, 4.69) is 11.9 Å². The first-order valence-corrected chi connectivity index (χ1v) is 8.84. The Morgan fingerprint density at radius 2 is 2.10 bits per heavy atom. The molecule has 1 aliphatic heterocycles. The maximum absolute atomic E-state index is 12.4. The van der Waals surface area contributed by atoms with E-state index in [0.29, 0.717) is 23.0 Å². The minimum Gasteiger partial charge on any atom is -0.399 e. The van der Waals surface area contributed by atoms with Crippen molar-refractivity contribution in [2.75, 3.05) is 25.1 Å². The Labute approximate surface area is 121 Å². The van der Waals surface area contributed by atoms with Crippen molar-refractivity contribution in [2.45, 2.75) is 43.5 Å². The number of likely N-dealkylation sites (tertiary alicyclic amines) is 1. The summed E-state index contributed by atoms with van der Waals surface area (Å²) in [6.07, 6.45) is 4.24. The van der Waals surface area contributed by atoms with Crippen molar-refractivity contribution in [1.29, 1.82) is 0 Å². The molecule has 1 aromatic carbocycles. The maximum atomic E-state index is 12.4. The van der Waals surface area contributed by atoms with Crippen LogP contribution in [-0.2, 0) is 9.84 Å². The molecule has 2 N–H and O–H groups in total. The summed E-state index contributed by atoms with van der Waals surface area (Å²) in [7, 11) is -1.12. The SMILES string of the molecule is Cc1cc(S(=O)(=O)CCC2CCCCN2C)ccc1N. The molecule has 0 aromatic heterocycles. The number of anilines is 1. The summed E-state index contributed by atoms with van der Waals surface area (Å²) in [6, 6.07) is 5.36. The summed E-state index contributed by atoms with van der Waals surface area (Å²) in [5.74, 6) is 0.214. The summed E-state index contributed by atoms with van der Waals surface area (Å²) < 4.78 is 24.8. The molecule has 112 valence electrons. The van der Waals surface area contributed by atoms with Crippen LogP contribution in [0.2, 0.25) is 0 Å². The van der Waals surface area contributed by atoms with E-state index in [1.54, 1.807) is 18.2 Å². The largest absolute Gasteiger partial charge is 0.399 e. The molecule has 1 heterocycles. The zero-order valence-electron chi connectivity index (χ0n) is 12.3. The third-order valence-electron chi connectivity index (χ3n) is 4.24. The molecule has 1 aromatic rings. The van der Waals surface area contributed by atoms with Gasteiger partial charge in [-0.15, -0.1) is 0 Å². The topological polar surface area (TPSA) is 63.4 Å². The molecule has 0 radical (unpaired) electrons. The molecule has 4 nitrogen and oxygen atoms in total. The molecule has 1 atom stereocenters. The summed E-state index contributed by atoms with van der Waals surface area (Å²) in [5.41, 5.74) is 7.19. The molecule has 5 heteroatoms. The summed E-state index contributed by atoms with van der Waals surface area (Å²) >= 11 is 0. The Morgan fingerprint density at radius 1 is 1.35 bits per heavy atom. The van der Waals surface area contributed by atoms with Crippen molar-refractivity contribution in [1.82, 2.24) is 4.90 Å². The van der Waals surface area contributed by atoms with Gasteiger partial charge in [0.15, 0.2) is 9.84 Å². The molecule has 1 unspecified atom stereocenters. The fraction of sp³-hybridized carbons (Fsp3) is 0.600. The van der Waals surface area contributed by atoms with Gasteiger partial charge in [0.1, 0.15) is 0 Å². The fourth-order valence-electron chi connectivity index (χ4n) is 2.76. The van der Waals surface area contributed by atoms with Gasteiger partial charge < -0.3 is 10.6 Å². The summed E-state index contributed by atoms with van der Waals surface area (Å²) in [5, 5.41) is 0. The lowest BCUT2D eigenvalue weighted by Crippen LogP contribution is -2.37. The number of sulfone groups is 1. The zero-order chi connectivity index (χ0) is 14.8. The Balaban J connectivity index is 2.05. The standard InChI is InChI=1S/C15H24N2O2S/c1-12-11-14(6-7-15(12)16)20(18,19)10-8-13-5-3-4-9-17(13)2/h6-7,11,13H,3-5,8-10,16H2,1-2H3. The Morgan fingerprint density at radius 3 is 2.75 bits per heavy atom. The van der Waals surface area contributed by atoms with Gasteiger partial charge in [0.25, 0.3) is 0 Å². The van der Waals surface area contributed by atoms with E-state index < -0.39 is 9.84 Å². The van der Waals surface area contributed by atoms with Crippen LogP contribution in [0.15, 0.2) is 23.1 Å². The first kappa shape index (κ1) is 15.3. The molecular weight excluding hydrogens is 272 g/mol. The van der Waals surface area contributed by atoms with Gasteiger partial charge in [-0.25, -0.2) is 8.42 Å². The summed E-state index contributed by atoms with van der Waals surface area (Å²) in [6.45, 7) is 2.91. The van der Waals surface area contributed by atoms with Crippen molar-refractivity contribution < 1.29 is 8.42 Å². The molecule has 1 saturated heterocycles. The maximum Gasteiger partial charge on any atom is 0.178 e. The quantitative estimate of drug-likeness (QED) is 0.865. The highest BCUT2D eigenvalue weighted by Crippen LogP contribution is 2.22. The second-order valence-corrected chi connectivity index (χ2v) is 7.87. The van der Waals surface area contributed by atoms with Gasteiger partial charge >= 0.3 is 0 Å². The van der Waals surface area contributed by atoms with Gasteiger partial charge in [0.05, 0.1) is 10.6 Å². The van der Waals surface area contributed by atoms with Gasteiger partial charge in [0, 0.05) is 11.7 Å². The third-order valence-corrected chi connectivity index (χ3v) is 5.99. The Kier molecular flexibility index (Phi) is 4.70. The number of rotatable bonds is 4. The van der Waals surface area contributed by atoms with E-state index in [4.69, 9.17) is 5.73 Å². The Bertz CT molecular complexity index is 569. The van der Waals surface area contributed by atoms with E-state index in [0.717, 1.165) is 18.5 Å². The molecular formula is C15H24N2O2S. The molecule has 0 aliphatic carbocycles. The fourth-order valence-corrected chi connectivity index (χ4v) is 4.21. The first-order chi connectivity index (χ1) is 9.40. The van der Waals surface area contributed by atoms with Gasteiger partial charge in [-0.3, -0.25) is 0 Å². The lowest BCUT2D eigenvalue weighted by Gasteiger charge is -2.32. The van der Waals surface area contributed by atoms with Gasteiger partial charge in [-0.05, 0) is 63.5 Å². The molecule has 0 amide bonds. The molecule has 2 rings (SSSR count). The van der Waals surface area contributed by atoms with Crippen LogP contribution in [0.25, 0.3) is 0 Å². The highest BCUT2D eigenvalue weighted by Gasteiger charge is 2.22. The molecule has 0 bridgehead atoms. The van der Waals surface area contributed by atoms with Crippen LogP contribution in [0.1, 0.15) is 31.2 Å². The van der Waals surface area contributed by atoms with Crippen molar-refractivity contribution >= 4 is 15.5 Å². The second-order valence-electron chi connectivity index (χ2n) is 5.76. The van der Waals surface area contributed by atoms with E-state index in [-0.39, 0.29) is 5.75 Å². The highest BCUT2D eigenvalue weighted by atomic mass is 32.2. The van der Waals surface area contributed by atoms with Gasteiger partial charge in [-0.2, -0.15) is 0 Å². The lowest BCUT2D eigenvalue weighted by atomic mass is 10.0. The van der Waals surface area contributed by atoms with Crippen LogP contribution >= 0.6 is 0 Å². The predicted octanol–water partition coefficient (Wildman–Crippen LogP) is 2.23. The van der Waals surface area contributed by atoms with Crippen molar-refractivity contribution in [3.05, 3.63) is 23.8 Å². The monoisotopic (exact) mass is 296 g/mol. The predicted molar refractivity (Wildman–Crippen MR) is 82.5 cm³/mol. The van der Waals surface area contributed by atoms with Crippen LogP contribution in [-0.4, -0.2) is 38.7 Å². The Hall–Kier alpha value is -1.07. The second kappa shape index (κ2) is 6.14. The minimum atomic E-state index is -3.20. The number of aryl methyl sites for hydroxylation is 1. The van der Waals surface area contributed by atoms with Gasteiger partial charge in [-0.1, -0.05) is 6.42 Å². The normalized spacial score (nSPS) is 21.0. The number of nitrogens with zero attached hydrogens (tertiary/aromatic N) is 1. The lowest BCUT2D eigenvalue weighted by molar-refractivity contribution is 0.181. The van der Waals surface area contributed by atoms with E-state index in [9.17, 15) is 8.42 Å². The highest BCUT2D eigenvalue weighted by molar-refractivity contribution is 7.91. The average molecular weight is 296 g/mol. The van der Waals surface area contributed by atoms with Crippen molar-refractivity contribution in [3.8, 4) is 0 Å². The minimum absolute atomic E-state index is 0.214. The van der Waals surface area contributed by atoms with E-state index >= 15 is 0 Å². The van der Waals surface area contributed by atoms with Crippen LogP contribution in [0.4, 0.5) is 5.69 Å². The van der Waals surface area contributed by atoms with E-state index in [1.807, 2.05) is 6.92 Å². The number of benzene rings is 1. The van der Waals surface area contributed by atoms with Crippen LogP contribution in [0, 0.1) is 6.92 Å². The molecule has 1 aliphatic rings. The number of piperidine rings is 1. The molecule has 20 heavy (non-hydrogen) atoms. The summed E-state index contributed by atoms with van der Waals surface area (Å²) in [4.78, 5) is 2.68. The molecule has 0 saturated carbocycles.